The summed E-state index contributed by atoms with van der Waals surface area (Å²) in [6.45, 7) is 4.77. The highest BCUT2D eigenvalue weighted by atomic mass is 16.3. The Hall–Kier alpha value is -1.36. The number of aryl methyl sites for hydroxylation is 1. The van der Waals surface area contributed by atoms with Crippen LogP contribution >= 0.6 is 0 Å². The molecule has 106 valence electrons. The fraction of sp³-hybridized carbons (Fsp3) is 0.714. The van der Waals surface area contributed by atoms with Gasteiger partial charge in [-0.3, -0.25) is 9.48 Å². The van der Waals surface area contributed by atoms with Crippen LogP contribution < -0.4 is 5.32 Å². The van der Waals surface area contributed by atoms with Crippen molar-refractivity contribution < 1.29 is 9.90 Å². The number of nitrogens with zero attached hydrogens (tertiary/aromatic N) is 2. The van der Waals surface area contributed by atoms with Crippen molar-refractivity contribution in [3.05, 3.63) is 17.5 Å². The minimum absolute atomic E-state index is 0.0456. The Kier molecular flexibility index (Phi) is 4.24. The predicted molar refractivity (Wildman–Crippen MR) is 73.0 cm³/mol. The molecule has 1 aliphatic heterocycles. The molecule has 0 spiro atoms. The highest BCUT2D eigenvalue weighted by Crippen LogP contribution is 2.19. The normalized spacial score (nSPS) is 17.6. The Morgan fingerprint density at radius 2 is 2.37 bits per heavy atom. The van der Waals surface area contributed by atoms with Gasteiger partial charge in [-0.2, -0.15) is 5.10 Å². The zero-order valence-electron chi connectivity index (χ0n) is 11.8. The van der Waals surface area contributed by atoms with E-state index < -0.39 is 5.54 Å². The Balaban J connectivity index is 2.13. The van der Waals surface area contributed by atoms with Gasteiger partial charge in [-0.05, 0) is 32.6 Å². The Morgan fingerprint density at radius 1 is 1.58 bits per heavy atom. The van der Waals surface area contributed by atoms with Crippen molar-refractivity contribution in [2.24, 2.45) is 0 Å². The molecule has 2 N–H and O–H groups in total. The minimum atomic E-state index is -0.546. The number of amides is 1. The van der Waals surface area contributed by atoms with Crippen molar-refractivity contribution in [1.82, 2.24) is 15.1 Å². The smallest absolute Gasteiger partial charge is 0.255 e. The summed E-state index contributed by atoms with van der Waals surface area (Å²) in [6, 6.07) is 0. The number of aliphatic hydroxyl groups excluding tert-OH is 1. The molecule has 1 aromatic rings. The third-order valence-corrected chi connectivity index (χ3v) is 3.79. The SMILES string of the molecule is CCC[C@](C)(CO)NC(=O)c1cnn2c1CCCC2. The molecule has 0 saturated carbocycles. The van der Waals surface area contributed by atoms with Crippen molar-refractivity contribution in [3.63, 3.8) is 0 Å². The first kappa shape index (κ1) is 14.1. The number of aliphatic hydroxyl groups is 1. The van der Waals surface area contributed by atoms with Crippen LogP contribution in [0.5, 0.6) is 0 Å². The lowest BCUT2D eigenvalue weighted by atomic mass is 9.96. The first-order valence-corrected chi connectivity index (χ1v) is 7.07. The van der Waals surface area contributed by atoms with Crippen LogP contribution in [0.3, 0.4) is 0 Å². The molecule has 1 amide bonds. The van der Waals surface area contributed by atoms with Crippen molar-refractivity contribution in [2.45, 2.75) is 58.0 Å². The predicted octanol–water partition coefficient (Wildman–Crippen LogP) is 1.50. The molecule has 19 heavy (non-hydrogen) atoms. The minimum Gasteiger partial charge on any atom is -0.394 e. The lowest BCUT2D eigenvalue weighted by Gasteiger charge is -2.28. The zero-order valence-corrected chi connectivity index (χ0v) is 11.8. The van der Waals surface area contributed by atoms with Gasteiger partial charge in [0.1, 0.15) is 0 Å². The second-order valence-electron chi connectivity index (χ2n) is 5.61. The number of hydrogen-bond acceptors (Lipinski definition) is 3. The maximum atomic E-state index is 12.4. The van der Waals surface area contributed by atoms with Gasteiger partial charge in [0, 0.05) is 6.54 Å². The van der Waals surface area contributed by atoms with E-state index in [1.807, 2.05) is 18.5 Å². The molecule has 0 aromatic carbocycles. The second kappa shape index (κ2) is 5.74. The summed E-state index contributed by atoms with van der Waals surface area (Å²) in [7, 11) is 0. The van der Waals surface area contributed by atoms with Gasteiger partial charge in [0.25, 0.3) is 5.91 Å². The molecule has 0 unspecified atom stereocenters. The van der Waals surface area contributed by atoms with Crippen LogP contribution in [0, 0.1) is 0 Å². The zero-order chi connectivity index (χ0) is 13.9. The van der Waals surface area contributed by atoms with E-state index in [4.69, 9.17) is 0 Å². The largest absolute Gasteiger partial charge is 0.394 e. The first-order chi connectivity index (χ1) is 9.09. The van der Waals surface area contributed by atoms with E-state index >= 15 is 0 Å². The Labute approximate surface area is 114 Å². The first-order valence-electron chi connectivity index (χ1n) is 7.07. The topological polar surface area (TPSA) is 67.2 Å². The van der Waals surface area contributed by atoms with Crippen LogP contribution in [0.1, 0.15) is 55.6 Å². The van der Waals surface area contributed by atoms with E-state index in [9.17, 15) is 9.90 Å². The number of aromatic nitrogens is 2. The van der Waals surface area contributed by atoms with Crippen LogP contribution in [0.2, 0.25) is 0 Å². The summed E-state index contributed by atoms with van der Waals surface area (Å²) in [5.41, 5.74) is 1.14. The third kappa shape index (κ3) is 2.97. The molecule has 0 aliphatic carbocycles. The van der Waals surface area contributed by atoms with Crippen molar-refractivity contribution in [1.29, 1.82) is 0 Å². The highest BCUT2D eigenvalue weighted by molar-refractivity contribution is 5.95. The van der Waals surface area contributed by atoms with Crippen molar-refractivity contribution >= 4 is 5.91 Å². The van der Waals surface area contributed by atoms with Gasteiger partial charge in [-0.15, -0.1) is 0 Å². The van der Waals surface area contributed by atoms with Crippen LogP contribution in [-0.2, 0) is 13.0 Å². The summed E-state index contributed by atoms with van der Waals surface area (Å²) < 4.78 is 1.93. The van der Waals surface area contributed by atoms with E-state index in [2.05, 4.69) is 10.4 Å². The molecule has 0 saturated heterocycles. The quantitative estimate of drug-likeness (QED) is 0.848. The lowest BCUT2D eigenvalue weighted by Crippen LogP contribution is -2.49. The van der Waals surface area contributed by atoms with Crippen molar-refractivity contribution in [3.8, 4) is 0 Å². The molecule has 1 aromatic heterocycles. The average molecular weight is 265 g/mol. The summed E-state index contributed by atoms with van der Waals surface area (Å²) in [4.78, 5) is 12.4. The molecule has 2 rings (SSSR count). The van der Waals surface area contributed by atoms with Crippen LogP contribution in [0.25, 0.3) is 0 Å². The fourth-order valence-corrected chi connectivity index (χ4v) is 2.69. The van der Waals surface area contributed by atoms with Gasteiger partial charge in [0.2, 0.25) is 0 Å². The number of nitrogens with one attached hydrogen (secondary N) is 1. The van der Waals surface area contributed by atoms with Crippen LogP contribution in [-0.4, -0.2) is 32.9 Å². The molecule has 5 heteroatoms. The average Bonchev–Trinajstić information content (AvgIpc) is 2.83. The number of fused-ring (bicyclic) bond motifs is 1. The van der Waals surface area contributed by atoms with E-state index in [-0.39, 0.29) is 12.5 Å². The summed E-state index contributed by atoms with van der Waals surface area (Å²) in [5, 5.41) is 16.7. The van der Waals surface area contributed by atoms with Gasteiger partial charge in [0.05, 0.1) is 29.6 Å². The molecule has 0 fully saturated rings. The maximum Gasteiger partial charge on any atom is 0.255 e. The highest BCUT2D eigenvalue weighted by Gasteiger charge is 2.27. The molecule has 1 aliphatic rings. The number of hydrogen-bond donors (Lipinski definition) is 2. The van der Waals surface area contributed by atoms with Gasteiger partial charge in [-0.25, -0.2) is 0 Å². The fourth-order valence-electron chi connectivity index (χ4n) is 2.69. The third-order valence-electron chi connectivity index (χ3n) is 3.79. The number of carbonyl (C=O) groups is 1. The van der Waals surface area contributed by atoms with Gasteiger partial charge in [0.15, 0.2) is 0 Å². The molecule has 0 radical (unpaired) electrons. The Morgan fingerprint density at radius 3 is 3.05 bits per heavy atom. The standard InChI is InChI=1S/C14H23N3O2/c1-3-7-14(2,10-18)16-13(19)11-9-15-17-8-5-4-6-12(11)17/h9,18H,3-8,10H2,1-2H3,(H,16,19)/t14-/m1/s1. The molecular formula is C14H23N3O2. The second-order valence-corrected chi connectivity index (χ2v) is 5.61. The maximum absolute atomic E-state index is 12.4. The summed E-state index contributed by atoms with van der Waals surface area (Å²) >= 11 is 0. The van der Waals surface area contributed by atoms with E-state index in [1.165, 1.54) is 0 Å². The lowest BCUT2D eigenvalue weighted by molar-refractivity contribution is 0.0839. The van der Waals surface area contributed by atoms with Crippen molar-refractivity contribution in [2.75, 3.05) is 6.61 Å². The van der Waals surface area contributed by atoms with Crippen LogP contribution in [0.15, 0.2) is 6.20 Å². The molecule has 5 nitrogen and oxygen atoms in total. The van der Waals surface area contributed by atoms with E-state index in [0.29, 0.717) is 5.56 Å². The molecular weight excluding hydrogens is 242 g/mol. The summed E-state index contributed by atoms with van der Waals surface area (Å²) in [6.07, 6.45) is 6.48. The van der Waals surface area contributed by atoms with Gasteiger partial charge < -0.3 is 10.4 Å². The van der Waals surface area contributed by atoms with E-state index in [0.717, 1.165) is 44.3 Å². The van der Waals surface area contributed by atoms with Gasteiger partial charge in [-0.1, -0.05) is 13.3 Å². The number of rotatable bonds is 5. The Bertz CT molecular complexity index is 456. The molecule has 1 atom stereocenters. The van der Waals surface area contributed by atoms with Gasteiger partial charge >= 0.3 is 0 Å². The number of carbonyl (C=O) groups excluding carboxylic acids is 1. The summed E-state index contributed by atoms with van der Waals surface area (Å²) in [5.74, 6) is -0.117. The molecule has 2 heterocycles. The molecule has 0 bridgehead atoms. The van der Waals surface area contributed by atoms with Crippen LogP contribution in [0.4, 0.5) is 0 Å². The monoisotopic (exact) mass is 265 g/mol. The van der Waals surface area contributed by atoms with E-state index in [1.54, 1.807) is 6.20 Å².